The van der Waals surface area contributed by atoms with Crippen molar-refractivity contribution in [2.75, 3.05) is 71.5 Å². The fraction of sp³-hybridized carbons (Fsp3) is 0.650. The Labute approximate surface area is 167 Å². The molecule has 154 valence electrons. The molecule has 1 aromatic heterocycles. The van der Waals surface area contributed by atoms with Crippen molar-refractivity contribution < 1.29 is 9.53 Å². The van der Waals surface area contributed by atoms with Crippen LogP contribution in [0.15, 0.2) is 29.4 Å². The molecule has 3 heterocycles. The molecular weight excluding hydrogens is 356 g/mol. The molecular formula is C20H32N6O2. The molecule has 8 heteroatoms. The summed E-state index contributed by atoms with van der Waals surface area (Å²) in [6.45, 7) is 6.48. The van der Waals surface area contributed by atoms with Gasteiger partial charge in [-0.05, 0) is 18.6 Å². The number of piperazine rings is 1. The van der Waals surface area contributed by atoms with Crippen molar-refractivity contribution in [3.8, 4) is 0 Å². The SMILES string of the molecule is CN=C(NCCC(=O)N1CCN(c2ccccn2)CC1)N1CCC(COC)C1. The summed E-state index contributed by atoms with van der Waals surface area (Å²) in [6.07, 6.45) is 3.41. The molecule has 1 aromatic rings. The quantitative estimate of drug-likeness (QED) is 0.570. The number of hydrogen-bond donors (Lipinski definition) is 1. The predicted octanol–water partition coefficient (Wildman–Crippen LogP) is 0.664. The van der Waals surface area contributed by atoms with Crippen molar-refractivity contribution in [2.45, 2.75) is 12.8 Å². The number of aliphatic imine (C=N–C) groups is 1. The van der Waals surface area contributed by atoms with Gasteiger partial charge in [-0.2, -0.15) is 0 Å². The van der Waals surface area contributed by atoms with Crippen LogP contribution in [0.25, 0.3) is 0 Å². The van der Waals surface area contributed by atoms with Crippen LogP contribution in [-0.2, 0) is 9.53 Å². The van der Waals surface area contributed by atoms with Crippen LogP contribution in [0.1, 0.15) is 12.8 Å². The fourth-order valence-electron chi connectivity index (χ4n) is 3.89. The molecule has 0 aliphatic carbocycles. The summed E-state index contributed by atoms with van der Waals surface area (Å²) in [5, 5.41) is 3.35. The summed E-state index contributed by atoms with van der Waals surface area (Å²) < 4.78 is 5.26. The molecule has 8 nitrogen and oxygen atoms in total. The first-order chi connectivity index (χ1) is 13.7. The lowest BCUT2D eigenvalue weighted by Gasteiger charge is -2.35. The predicted molar refractivity (Wildman–Crippen MR) is 111 cm³/mol. The van der Waals surface area contributed by atoms with E-state index in [0.29, 0.717) is 18.9 Å². The summed E-state index contributed by atoms with van der Waals surface area (Å²) in [5.74, 6) is 2.62. The lowest BCUT2D eigenvalue weighted by molar-refractivity contribution is -0.131. The number of ether oxygens (including phenoxy) is 1. The number of likely N-dealkylation sites (tertiary alicyclic amines) is 1. The maximum Gasteiger partial charge on any atom is 0.224 e. The molecule has 1 amide bonds. The molecule has 1 N–H and O–H groups in total. The Morgan fingerprint density at radius 3 is 2.75 bits per heavy atom. The van der Waals surface area contributed by atoms with Gasteiger partial charge in [-0.3, -0.25) is 9.79 Å². The lowest BCUT2D eigenvalue weighted by Crippen LogP contribution is -2.49. The van der Waals surface area contributed by atoms with E-state index in [1.165, 1.54) is 0 Å². The van der Waals surface area contributed by atoms with Crippen LogP contribution in [0.3, 0.4) is 0 Å². The number of nitrogens with one attached hydrogen (secondary N) is 1. The molecule has 28 heavy (non-hydrogen) atoms. The topological polar surface area (TPSA) is 73.3 Å². The van der Waals surface area contributed by atoms with Crippen LogP contribution >= 0.6 is 0 Å². The van der Waals surface area contributed by atoms with E-state index in [1.54, 1.807) is 14.2 Å². The Bertz CT molecular complexity index is 645. The van der Waals surface area contributed by atoms with Gasteiger partial charge in [-0.1, -0.05) is 6.07 Å². The minimum atomic E-state index is 0.197. The van der Waals surface area contributed by atoms with Crippen molar-refractivity contribution in [2.24, 2.45) is 10.9 Å². The molecule has 0 saturated carbocycles. The van der Waals surface area contributed by atoms with Gasteiger partial charge in [0, 0.05) is 78.5 Å². The standard InChI is InChI=1S/C20H32N6O2/c1-21-20(26-10-7-17(15-26)16-28-2)23-9-6-19(27)25-13-11-24(12-14-25)18-5-3-4-8-22-18/h3-5,8,17H,6-7,9-16H2,1-2H3,(H,21,23). The fourth-order valence-corrected chi connectivity index (χ4v) is 3.89. The summed E-state index contributed by atoms with van der Waals surface area (Å²) in [5.41, 5.74) is 0. The zero-order valence-electron chi connectivity index (χ0n) is 17.0. The maximum atomic E-state index is 12.6. The number of aromatic nitrogens is 1. The van der Waals surface area contributed by atoms with Gasteiger partial charge < -0.3 is 24.8 Å². The number of pyridine rings is 1. The van der Waals surface area contributed by atoms with Gasteiger partial charge >= 0.3 is 0 Å². The van der Waals surface area contributed by atoms with Gasteiger partial charge in [0.05, 0.1) is 6.61 Å². The van der Waals surface area contributed by atoms with Crippen LogP contribution in [0.4, 0.5) is 5.82 Å². The maximum absolute atomic E-state index is 12.6. The van der Waals surface area contributed by atoms with E-state index in [-0.39, 0.29) is 5.91 Å². The zero-order valence-corrected chi connectivity index (χ0v) is 17.0. The summed E-state index contributed by atoms with van der Waals surface area (Å²) >= 11 is 0. The monoisotopic (exact) mass is 388 g/mol. The first-order valence-corrected chi connectivity index (χ1v) is 10.1. The van der Waals surface area contributed by atoms with Crippen molar-refractivity contribution in [1.29, 1.82) is 0 Å². The molecule has 2 saturated heterocycles. The van der Waals surface area contributed by atoms with Crippen molar-refractivity contribution in [3.05, 3.63) is 24.4 Å². The molecule has 0 radical (unpaired) electrons. The largest absolute Gasteiger partial charge is 0.384 e. The Morgan fingerprint density at radius 2 is 2.07 bits per heavy atom. The third kappa shape index (κ3) is 5.34. The minimum Gasteiger partial charge on any atom is -0.384 e. The van der Waals surface area contributed by atoms with Gasteiger partial charge in [0.25, 0.3) is 0 Å². The van der Waals surface area contributed by atoms with E-state index in [1.807, 2.05) is 29.3 Å². The number of hydrogen-bond acceptors (Lipinski definition) is 5. The lowest BCUT2D eigenvalue weighted by atomic mass is 10.1. The average molecular weight is 389 g/mol. The number of methoxy groups -OCH3 is 1. The van der Waals surface area contributed by atoms with Gasteiger partial charge in [0.2, 0.25) is 5.91 Å². The first kappa shape index (κ1) is 20.4. The van der Waals surface area contributed by atoms with E-state index in [4.69, 9.17) is 4.74 Å². The highest BCUT2D eigenvalue weighted by atomic mass is 16.5. The Balaban J connectivity index is 1.37. The number of carbonyl (C=O) groups is 1. The second kappa shape index (κ2) is 10.3. The highest BCUT2D eigenvalue weighted by Gasteiger charge is 2.25. The number of anilines is 1. The second-order valence-corrected chi connectivity index (χ2v) is 7.34. The highest BCUT2D eigenvalue weighted by Crippen LogP contribution is 2.16. The highest BCUT2D eigenvalue weighted by molar-refractivity contribution is 5.81. The van der Waals surface area contributed by atoms with E-state index >= 15 is 0 Å². The normalized spacial score (nSPS) is 20.6. The Morgan fingerprint density at radius 1 is 1.25 bits per heavy atom. The molecule has 1 atom stereocenters. The van der Waals surface area contributed by atoms with Crippen molar-refractivity contribution in [3.63, 3.8) is 0 Å². The minimum absolute atomic E-state index is 0.197. The van der Waals surface area contributed by atoms with Crippen LogP contribution in [0.5, 0.6) is 0 Å². The third-order valence-electron chi connectivity index (χ3n) is 5.43. The molecule has 0 spiro atoms. The zero-order chi connectivity index (χ0) is 19.8. The van der Waals surface area contributed by atoms with E-state index in [0.717, 1.165) is 64.1 Å². The van der Waals surface area contributed by atoms with Crippen LogP contribution in [0, 0.1) is 5.92 Å². The van der Waals surface area contributed by atoms with Gasteiger partial charge in [-0.25, -0.2) is 4.98 Å². The number of nitrogens with zero attached hydrogens (tertiary/aromatic N) is 5. The number of guanidine groups is 1. The van der Waals surface area contributed by atoms with Crippen LogP contribution in [0.2, 0.25) is 0 Å². The molecule has 3 rings (SSSR count). The molecule has 2 aliphatic heterocycles. The van der Waals surface area contributed by atoms with E-state index < -0.39 is 0 Å². The molecule has 1 unspecified atom stereocenters. The summed E-state index contributed by atoms with van der Waals surface area (Å²) in [7, 11) is 3.54. The second-order valence-electron chi connectivity index (χ2n) is 7.34. The third-order valence-corrected chi connectivity index (χ3v) is 5.43. The van der Waals surface area contributed by atoms with E-state index in [2.05, 4.69) is 25.1 Å². The Kier molecular flexibility index (Phi) is 7.47. The van der Waals surface area contributed by atoms with Gasteiger partial charge in [0.1, 0.15) is 5.82 Å². The molecule has 0 bridgehead atoms. The van der Waals surface area contributed by atoms with E-state index in [9.17, 15) is 4.79 Å². The molecule has 2 aliphatic rings. The molecule has 2 fully saturated rings. The Hall–Kier alpha value is -2.35. The first-order valence-electron chi connectivity index (χ1n) is 10.1. The number of amides is 1. The number of carbonyl (C=O) groups excluding carboxylic acids is 1. The summed E-state index contributed by atoms with van der Waals surface area (Å²) in [6, 6.07) is 5.93. The molecule has 0 aromatic carbocycles. The van der Waals surface area contributed by atoms with Crippen LogP contribution in [-0.4, -0.2) is 93.2 Å². The average Bonchev–Trinajstić information content (AvgIpc) is 3.20. The van der Waals surface area contributed by atoms with Crippen molar-refractivity contribution >= 4 is 17.7 Å². The summed E-state index contributed by atoms with van der Waals surface area (Å²) in [4.78, 5) is 27.7. The van der Waals surface area contributed by atoms with Crippen molar-refractivity contribution in [1.82, 2.24) is 20.1 Å². The smallest absolute Gasteiger partial charge is 0.224 e. The van der Waals surface area contributed by atoms with Gasteiger partial charge in [-0.15, -0.1) is 0 Å². The van der Waals surface area contributed by atoms with Crippen LogP contribution < -0.4 is 10.2 Å². The number of rotatable bonds is 6. The van der Waals surface area contributed by atoms with Gasteiger partial charge in [0.15, 0.2) is 5.96 Å².